The number of nitrogens with zero attached hydrogens (tertiary/aromatic N) is 1. The third-order valence-corrected chi connectivity index (χ3v) is 6.07. The Hall–Kier alpha value is -4.48. The number of allylic oxidation sites excluding steroid dienone is 1. The minimum atomic E-state index is -1.05. The summed E-state index contributed by atoms with van der Waals surface area (Å²) >= 11 is 0. The van der Waals surface area contributed by atoms with E-state index in [1.165, 1.54) is 18.1 Å². The number of urea groups is 1. The zero-order chi connectivity index (χ0) is 28.7. The lowest BCUT2D eigenvalue weighted by atomic mass is 10.0. The second-order valence-corrected chi connectivity index (χ2v) is 9.40. The highest BCUT2D eigenvalue weighted by Gasteiger charge is 2.40. The van der Waals surface area contributed by atoms with Gasteiger partial charge in [0, 0.05) is 25.1 Å². The van der Waals surface area contributed by atoms with Crippen molar-refractivity contribution in [3.05, 3.63) is 71.3 Å². The van der Waals surface area contributed by atoms with Gasteiger partial charge < -0.3 is 31.3 Å². The maximum Gasteiger partial charge on any atom is 0.319 e. The first-order valence-electron chi connectivity index (χ1n) is 12.2. The Bertz CT molecular complexity index is 1260. The molecule has 1 aliphatic heterocycles. The molecule has 10 nitrogen and oxygen atoms in total. The Morgan fingerprint density at radius 1 is 1.13 bits per heavy atom. The number of anilines is 1. The topological polar surface area (TPSA) is 143 Å². The van der Waals surface area contributed by atoms with E-state index in [1.807, 2.05) is 0 Å². The number of carbonyl (C=O) groups is 4. The molecule has 1 fully saturated rings. The van der Waals surface area contributed by atoms with Crippen LogP contribution in [0.2, 0.25) is 0 Å². The van der Waals surface area contributed by atoms with Crippen LogP contribution in [-0.2, 0) is 20.8 Å². The molecule has 2 aromatic carbocycles. The highest BCUT2D eigenvalue weighted by Crippen LogP contribution is 2.21. The van der Waals surface area contributed by atoms with Crippen LogP contribution < -0.4 is 26.4 Å². The van der Waals surface area contributed by atoms with Crippen molar-refractivity contribution in [2.75, 3.05) is 19.0 Å². The van der Waals surface area contributed by atoms with Crippen LogP contribution in [-0.4, -0.2) is 60.4 Å². The molecule has 1 saturated heterocycles. The molecule has 39 heavy (non-hydrogen) atoms. The number of primary amides is 1. The summed E-state index contributed by atoms with van der Waals surface area (Å²) in [4.78, 5) is 52.1. The van der Waals surface area contributed by atoms with Gasteiger partial charge in [0.05, 0.1) is 18.8 Å². The van der Waals surface area contributed by atoms with Gasteiger partial charge in [-0.15, -0.1) is 0 Å². The molecule has 3 rings (SSSR count). The zero-order valence-electron chi connectivity index (χ0n) is 21.8. The summed E-state index contributed by atoms with van der Waals surface area (Å²) in [5, 5.41) is 7.53. The van der Waals surface area contributed by atoms with Gasteiger partial charge in [-0.25, -0.2) is 13.6 Å². The van der Waals surface area contributed by atoms with E-state index in [1.54, 1.807) is 38.1 Å². The quantitative estimate of drug-likeness (QED) is 0.359. The lowest BCUT2D eigenvalue weighted by Gasteiger charge is -2.25. The minimum Gasteiger partial charge on any atom is -0.497 e. The molecule has 5 amide bonds. The van der Waals surface area contributed by atoms with Gasteiger partial charge in [0.2, 0.25) is 17.7 Å². The van der Waals surface area contributed by atoms with Crippen LogP contribution in [0.5, 0.6) is 5.75 Å². The molecule has 5 N–H and O–H groups in total. The molecular weight excluding hydrogens is 512 g/mol. The fraction of sp³-hybridized carbons (Fsp3) is 0.333. The van der Waals surface area contributed by atoms with Gasteiger partial charge in [-0.05, 0) is 50.1 Å². The van der Waals surface area contributed by atoms with Crippen molar-refractivity contribution in [1.82, 2.24) is 15.5 Å². The van der Waals surface area contributed by atoms with E-state index in [0.29, 0.717) is 17.4 Å². The smallest absolute Gasteiger partial charge is 0.319 e. The van der Waals surface area contributed by atoms with E-state index < -0.39 is 53.5 Å². The molecule has 0 radical (unpaired) electrons. The van der Waals surface area contributed by atoms with Gasteiger partial charge in [0.1, 0.15) is 29.5 Å². The fourth-order valence-corrected chi connectivity index (χ4v) is 4.19. The van der Waals surface area contributed by atoms with Crippen molar-refractivity contribution in [1.29, 1.82) is 0 Å². The number of nitrogens with one attached hydrogen (secondary N) is 3. The lowest BCUT2D eigenvalue weighted by molar-refractivity contribution is -0.136. The molecule has 3 atom stereocenters. The summed E-state index contributed by atoms with van der Waals surface area (Å²) in [5.74, 6) is -2.94. The van der Waals surface area contributed by atoms with E-state index in [9.17, 15) is 28.0 Å². The lowest BCUT2D eigenvalue weighted by Crippen LogP contribution is -2.52. The van der Waals surface area contributed by atoms with Crippen molar-refractivity contribution < 1.29 is 32.7 Å². The van der Waals surface area contributed by atoms with Gasteiger partial charge >= 0.3 is 6.03 Å². The second kappa shape index (κ2) is 12.9. The maximum atomic E-state index is 13.9. The first-order chi connectivity index (χ1) is 18.5. The number of amides is 5. The predicted molar refractivity (Wildman–Crippen MR) is 140 cm³/mol. The van der Waals surface area contributed by atoms with Crippen molar-refractivity contribution in [3.8, 4) is 5.75 Å². The van der Waals surface area contributed by atoms with E-state index >= 15 is 0 Å². The SMILES string of the molecule is COc1ccc(CC(NC(=O)C2CC(NC(=O)Nc3ccc(F)cc3F)CN2C(=O)C=C(C)C)C(N)=O)cc1. The number of ether oxygens (including phenoxy) is 1. The number of halogens is 2. The molecule has 0 spiro atoms. The van der Waals surface area contributed by atoms with Crippen molar-refractivity contribution in [2.24, 2.45) is 5.73 Å². The second-order valence-electron chi connectivity index (χ2n) is 9.40. The molecule has 12 heteroatoms. The summed E-state index contributed by atoms with van der Waals surface area (Å²) in [6, 6.07) is 6.07. The molecule has 1 aliphatic rings. The van der Waals surface area contributed by atoms with Crippen LogP contribution in [0.3, 0.4) is 0 Å². The molecule has 3 unspecified atom stereocenters. The Labute approximate surface area is 224 Å². The Morgan fingerprint density at radius 2 is 1.82 bits per heavy atom. The number of carbonyl (C=O) groups excluding carboxylic acids is 4. The van der Waals surface area contributed by atoms with Crippen LogP contribution in [0.15, 0.2) is 54.1 Å². The number of rotatable bonds is 9. The largest absolute Gasteiger partial charge is 0.497 e. The van der Waals surface area contributed by atoms with Crippen molar-refractivity contribution in [2.45, 2.75) is 44.8 Å². The van der Waals surface area contributed by atoms with Gasteiger partial charge in [0.25, 0.3) is 0 Å². The molecule has 208 valence electrons. The summed E-state index contributed by atoms with van der Waals surface area (Å²) < 4.78 is 32.2. The summed E-state index contributed by atoms with van der Waals surface area (Å²) in [6.07, 6.45) is 1.51. The number of nitrogens with two attached hydrogens (primary N) is 1. The zero-order valence-corrected chi connectivity index (χ0v) is 21.8. The Balaban J connectivity index is 1.72. The third-order valence-electron chi connectivity index (χ3n) is 6.07. The Kier molecular flexibility index (Phi) is 9.58. The number of methoxy groups -OCH3 is 1. The van der Waals surface area contributed by atoms with Gasteiger partial charge in [-0.1, -0.05) is 17.7 Å². The van der Waals surface area contributed by atoms with Crippen LogP contribution in [0, 0.1) is 11.6 Å². The average molecular weight is 544 g/mol. The number of likely N-dealkylation sites (tertiary alicyclic amines) is 1. The van der Waals surface area contributed by atoms with Gasteiger partial charge in [-0.2, -0.15) is 0 Å². The number of hydrogen-bond acceptors (Lipinski definition) is 5. The summed E-state index contributed by atoms with van der Waals surface area (Å²) in [6.45, 7) is 3.43. The third kappa shape index (κ3) is 8.00. The monoisotopic (exact) mass is 543 g/mol. The first kappa shape index (κ1) is 29.1. The Morgan fingerprint density at radius 3 is 2.41 bits per heavy atom. The fourth-order valence-electron chi connectivity index (χ4n) is 4.19. The molecular formula is C27H31F2N5O5. The van der Waals surface area contributed by atoms with Crippen molar-refractivity contribution in [3.63, 3.8) is 0 Å². The van der Waals surface area contributed by atoms with Crippen molar-refractivity contribution >= 4 is 29.4 Å². The van der Waals surface area contributed by atoms with Crippen LogP contribution in [0.1, 0.15) is 25.8 Å². The average Bonchev–Trinajstić information content (AvgIpc) is 3.29. The summed E-state index contributed by atoms with van der Waals surface area (Å²) in [5.41, 5.74) is 6.75. The van der Waals surface area contributed by atoms with E-state index in [0.717, 1.165) is 17.7 Å². The first-order valence-corrected chi connectivity index (χ1v) is 12.2. The maximum absolute atomic E-state index is 13.9. The van der Waals surface area contributed by atoms with Gasteiger partial charge in [0.15, 0.2) is 0 Å². The minimum absolute atomic E-state index is 0.0141. The van der Waals surface area contributed by atoms with Crippen LogP contribution in [0.4, 0.5) is 19.3 Å². The molecule has 0 aliphatic carbocycles. The highest BCUT2D eigenvalue weighted by atomic mass is 19.1. The predicted octanol–water partition coefficient (Wildman–Crippen LogP) is 2.24. The molecule has 2 aromatic rings. The highest BCUT2D eigenvalue weighted by molar-refractivity contribution is 5.96. The van der Waals surface area contributed by atoms with Crippen LogP contribution in [0.25, 0.3) is 0 Å². The molecule has 0 aromatic heterocycles. The van der Waals surface area contributed by atoms with E-state index in [4.69, 9.17) is 10.5 Å². The number of benzene rings is 2. The van der Waals surface area contributed by atoms with Crippen LogP contribution >= 0.6 is 0 Å². The standard InChI is InChI=1S/C27H31F2N5O5/c1-15(2)10-24(35)34-14-18(31-27(38)33-21-9-6-17(28)12-20(21)29)13-23(34)26(37)32-22(25(30)36)11-16-4-7-19(39-3)8-5-16/h4-10,12,18,22-23H,11,13-14H2,1-3H3,(H2,30,36)(H,32,37)(H2,31,33,38). The van der Waals surface area contributed by atoms with Gasteiger partial charge in [-0.3, -0.25) is 14.4 Å². The molecule has 1 heterocycles. The van der Waals surface area contributed by atoms with E-state index in [2.05, 4.69) is 16.0 Å². The number of hydrogen-bond donors (Lipinski definition) is 4. The normalized spacial score (nSPS) is 17.1. The molecule has 0 saturated carbocycles. The summed E-state index contributed by atoms with van der Waals surface area (Å²) in [7, 11) is 1.53. The van der Waals surface area contributed by atoms with E-state index in [-0.39, 0.29) is 25.1 Å². The molecule has 0 bridgehead atoms.